The number of hydrogen-bond donors (Lipinski definition) is 4. The van der Waals surface area contributed by atoms with E-state index in [2.05, 4.69) is 31.3 Å². The number of aliphatic hydroxyl groups excluding tert-OH is 2. The minimum Gasteiger partial charge on any atom is -0.387 e. The molecule has 0 fully saturated rings. The lowest BCUT2D eigenvalue weighted by molar-refractivity contribution is -0.130. The van der Waals surface area contributed by atoms with E-state index >= 15 is 0 Å². The molecule has 3 unspecified atom stereocenters. The summed E-state index contributed by atoms with van der Waals surface area (Å²) < 4.78 is 32.5. The number of rotatable bonds is 36. The van der Waals surface area contributed by atoms with E-state index < -0.39 is 40.0 Å². The van der Waals surface area contributed by atoms with E-state index in [1.165, 1.54) is 141 Å². The fourth-order valence-electron chi connectivity index (χ4n) is 6.12. The molecule has 0 spiro atoms. The summed E-state index contributed by atoms with van der Waals surface area (Å²) in [5.41, 5.74) is 0. The van der Waals surface area contributed by atoms with Crippen LogP contribution in [0.25, 0.3) is 0 Å². The van der Waals surface area contributed by atoms with Gasteiger partial charge in [0.15, 0.2) is 0 Å². The zero-order valence-corrected chi connectivity index (χ0v) is 32.0. The highest BCUT2D eigenvalue weighted by Crippen LogP contribution is 2.15. The largest absolute Gasteiger partial charge is 0.387 e. The third kappa shape index (κ3) is 33.3. The Kier molecular flexibility index (Phi) is 33.4. The third-order valence-electron chi connectivity index (χ3n) is 9.24. The molecule has 0 aromatic heterocycles. The van der Waals surface area contributed by atoms with Crippen LogP contribution >= 0.6 is 0 Å². The fourth-order valence-corrected chi connectivity index (χ4v) is 6.85. The molecule has 1 amide bonds. The van der Waals surface area contributed by atoms with Crippen molar-refractivity contribution in [1.29, 1.82) is 0 Å². The lowest BCUT2D eigenvalue weighted by Gasteiger charge is -2.22. The molecule has 0 rings (SSSR count). The zero-order chi connectivity index (χ0) is 35.6. The summed E-state index contributed by atoms with van der Waals surface area (Å²) >= 11 is 0. The van der Waals surface area contributed by atoms with Crippen molar-refractivity contribution >= 4 is 16.0 Å². The van der Waals surface area contributed by atoms with Gasteiger partial charge in [0.25, 0.3) is 10.1 Å². The molecular formula is C40H77NO6S. The Morgan fingerprint density at radius 3 is 1.38 bits per heavy atom. The van der Waals surface area contributed by atoms with E-state index in [1.54, 1.807) is 6.08 Å². The summed E-state index contributed by atoms with van der Waals surface area (Å²) in [4.78, 5) is 12.6. The monoisotopic (exact) mass is 700 g/mol. The third-order valence-corrected chi connectivity index (χ3v) is 10.0. The molecule has 0 heterocycles. The average molecular weight is 700 g/mol. The molecule has 0 aliphatic carbocycles. The number of nitrogens with one attached hydrogen (secondary N) is 1. The molecule has 48 heavy (non-hydrogen) atoms. The van der Waals surface area contributed by atoms with Crippen LogP contribution in [0.15, 0.2) is 24.3 Å². The maximum absolute atomic E-state index is 12.6. The van der Waals surface area contributed by atoms with Gasteiger partial charge in [-0.3, -0.25) is 9.35 Å². The summed E-state index contributed by atoms with van der Waals surface area (Å²) in [5, 5.41) is 23.3. The summed E-state index contributed by atoms with van der Waals surface area (Å²) in [7, 11) is -4.45. The Morgan fingerprint density at radius 2 is 0.938 bits per heavy atom. The second-order valence-electron chi connectivity index (χ2n) is 14.1. The van der Waals surface area contributed by atoms with Crippen LogP contribution in [-0.4, -0.2) is 53.1 Å². The van der Waals surface area contributed by atoms with Crippen molar-refractivity contribution in [3.63, 3.8) is 0 Å². The molecule has 8 heteroatoms. The van der Waals surface area contributed by atoms with Crippen LogP contribution in [0, 0.1) is 0 Å². The van der Waals surface area contributed by atoms with Crippen molar-refractivity contribution in [1.82, 2.24) is 5.32 Å². The van der Waals surface area contributed by atoms with Gasteiger partial charge in [0.05, 0.1) is 17.9 Å². The lowest BCUT2D eigenvalue weighted by atomic mass is 10.0. The quantitative estimate of drug-likeness (QED) is 0.0293. The van der Waals surface area contributed by atoms with Crippen LogP contribution in [0.3, 0.4) is 0 Å². The summed E-state index contributed by atoms with van der Waals surface area (Å²) in [6.07, 6.45) is 39.5. The molecule has 0 aromatic rings. The first-order valence-corrected chi connectivity index (χ1v) is 21.8. The summed E-state index contributed by atoms with van der Waals surface area (Å²) in [6, 6.07) is -1.24. The maximum Gasteiger partial charge on any atom is 0.267 e. The summed E-state index contributed by atoms with van der Waals surface area (Å²) in [5.74, 6) is -1.55. The molecule has 7 nitrogen and oxygen atoms in total. The number of aliphatic hydroxyl groups is 2. The normalized spacial score (nSPS) is 14.2. The highest BCUT2D eigenvalue weighted by atomic mass is 32.2. The van der Waals surface area contributed by atoms with E-state index in [-0.39, 0.29) is 6.42 Å². The van der Waals surface area contributed by atoms with E-state index in [0.717, 1.165) is 32.1 Å². The molecule has 4 N–H and O–H groups in total. The number of carbonyl (C=O) groups is 1. The van der Waals surface area contributed by atoms with Gasteiger partial charge in [-0.25, -0.2) is 0 Å². The van der Waals surface area contributed by atoms with E-state index in [0.29, 0.717) is 12.8 Å². The highest BCUT2D eigenvalue weighted by molar-refractivity contribution is 7.85. The molecule has 0 radical (unpaired) electrons. The number of unbranched alkanes of at least 4 members (excludes halogenated alkanes) is 25. The second kappa shape index (κ2) is 34.2. The van der Waals surface area contributed by atoms with Crippen LogP contribution < -0.4 is 5.32 Å². The van der Waals surface area contributed by atoms with Crippen molar-refractivity contribution in [2.75, 3.05) is 5.75 Å². The Bertz CT molecular complexity index is 875. The SMILES string of the molecule is CCCCCCCCCCCCC/C=C/CC/C=C/C(O)C(CS(=O)(=O)O)NC(=O)C(O)CCCCCCCCCCCCCCCC. The average Bonchev–Trinajstić information content (AvgIpc) is 3.05. The van der Waals surface area contributed by atoms with Gasteiger partial charge in [-0.2, -0.15) is 8.42 Å². The minimum atomic E-state index is -4.45. The molecule has 0 aliphatic rings. The first-order valence-electron chi connectivity index (χ1n) is 20.1. The van der Waals surface area contributed by atoms with E-state index in [9.17, 15) is 28.0 Å². The Balaban J connectivity index is 4.10. The second-order valence-corrected chi connectivity index (χ2v) is 15.6. The zero-order valence-electron chi connectivity index (χ0n) is 31.2. The van der Waals surface area contributed by atoms with Crippen molar-refractivity contribution in [2.45, 2.75) is 218 Å². The molecule has 0 aliphatic heterocycles. The highest BCUT2D eigenvalue weighted by Gasteiger charge is 2.27. The van der Waals surface area contributed by atoms with Gasteiger partial charge < -0.3 is 15.5 Å². The molecule has 0 bridgehead atoms. The van der Waals surface area contributed by atoms with Gasteiger partial charge in [-0.15, -0.1) is 0 Å². The van der Waals surface area contributed by atoms with Gasteiger partial charge in [0.1, 0.15) is 6.10 Å². The van der Waals surface area contributed by atoms with Gasteiger partial charge >= 0.3 is 0 Å². The van der Waals surface area contributed by atoms with Gasteiger partial charge in [-0.05, 0) is 32.1 Å². The van der Waals surface area contributed by atoms with Gasteiger partial charge in [-0.1, -0.05) is 192 Å². The van der Waals surface area contributed by atoms with Crippen LogP contribution in [-0.2, 0) is 14.9 Å². The smallest absolute Gasteiger partial charge is 0.267 e. The Hall–Kier alpha value is -1.22. The standard InChI is InChI=1S/C40H77NO6S/c1-3-5-7-9-11-13-15-17-19-20-21-23-24-26-28-30-32-34-38(42)37(36-48(45,46)47)41-40(44)39(43)35-33-31-29-27-25-22-18-16-14-12-10-8-6-4-2/h24,26,32,34,37-39,42-43H,3-23,25,27-31,33,35-36H2,1-2H3,(H,41,44)(H,45,46,47)/b26-24+,34-32+. The number of amides is 1. The number of hydrogen-bond acceptors (Lipinski definition) is 5. The number of allylic oxidation sites excluding steroid dienone is 3. The Morgan fingerprint density at radius 1 is 0.562 bits per heavy atom. The predicted octanol–water partition coefficient (Wildman–Crippen LogP) is 10.5. The molecule has 0 saturated heterocycles. The van der Waals surface area contributed by atoms with E-state index in [1.807, 2.05) is 0 Å². The van der Waals surface area contributed by atoms with Crippen LogP contribution in [0.1, 0.15) is 200 Å². The molecule has 284 valence electrons. The molecular weight excluding hydrogens is 623 g/mol. The maximum atomic E-state index is 12.6. The van der Waals surface area contributed by atoms with Crippen molar-refractivity contribution in [3.05, 3.63) is 24.3 Å². The van der Waals surface area contributed by atoms with Crippen molar-refractivity contribution in [2.24, 2.45) is 0 Å². The molecule has 0 aromatic carbocycles. The topological polar surface area (TPSA) is 124 Å². The first kappa shape index (κ1) is 46.8. The molecule has 0 saturated carbocycles. The van der Waals surface area contributed by atoms with Crippen LogP contribution in [0.2, 0.25) is 0 Å². The Labute approximate surface area is 297 Å². The van der Waals surface area contributed by atoms with Crippen molar-refractivity contribution < 1.29 is 28.0 Å². The summed E-state index contributed by atoms with van der Waals surface area (Å²) in [6.45, 7) is 4.50. The van der Waals surface area contributed by atoms with Gasteiger partial charge in [0.2, 0.25) is 5.91 Å². The first-order chi connectivity index (χ1) is 23.2. The van der Waals surface area contributed by atoms with E-state index in [4.69, 9.17) is 0 Å². The van der Waals surface area contributed by atoms with Crippen LogP contribution in [0.4, 0.5) is 0 Å². The number of carbonyl (C=O) groups excluding carboxylic acids is 1. The fraction of sp³-hybridized carbons (Fsp3) is 0.875. The predicted molar refractivity (Wildman–Crippen MR) is 204 cm³/mol. The lowest BCUT2D eigenvalue weighted by Crippen LogP contribution is -2.50. The van der Waals surface area contributed by atoms with Crippen LogP contribution in [0.5, 0.6) is 0 Å². The minimum absolute atomic E-state index is 0.278. The van der Waals surface area contributed by atoms with Crippen molar-refractivity contribution in [3.8, 4) is 0 Å². The van der Waals surface area contributed by atoms with Gasteiger partial charge in [0, 0.05) is 0 Å². The molecule has 3 atom stereocenters.